The van der Waals surface area contributed by atoms with Crippen LogP contribution in [0.3, 0.4) is 0 Å². The molecule has 0 aliphatic carbocycles. The lowest BCUT2D eigenvalue weighted by molar-refractivity contribution is 0.0135. The van der Waals surface area contributed by atoms with Crippen molar-refractivity contribution in [1.29, 1.82) is 0 Å². The highest BCUT2D eigenvalue weighted by Crippen LogP contribution is 2.24. The first-order valence-electron chi connectivity index (χ1n) is 11.3. The molecular weight excluding hydrogens is 493 g/mol. The third-order valence-electron chi connectivity index (χ3n) is 5.81. The molecule has 3 heterocycles. The number of morpholine rings is 1. The summed E-state index contributed by atoms with van der Waals surface area (Å²) in [5.41, 5.74) is 0. The molecule has 0 bridgehead atoms. The number of ether oxygens (including phenoxy) is 1. The predicted octanol–water partition coefficient (Wildman–Crippen LogP) is 3.01. The van der Waals surface area contributed by atoms with Crippen LogP contribution in [-0.4, -0.2) is 80.8 Å². The highest BCUT2D eigenvalue weighted by molar-refractivity contribution is 14.0. The summed E-state index contributed by atoms with van der Waals surface area (Å²) in [5, 5.41) is 7.11. The topological polar surface area (TPSA) is 65.3 Å². The largest absolute Gasteiger partial charge is 0.465 e. The summed E-state index contributed by atoms with van der Waals surface area (Å²) >= 11 is 0. The minimum Gasteiger partial charge on any atom is -0.465 e. The molecule has 2 aliphatic rings. The Bertz CT molecular complexity index is 625. The van der Waals surface area contributed by atoms with Gasteiger partial charge in [-0.2, -0.15) is 0 Å². The minimum atomic E-state index is 0. The molecule has 2 saturated heterocycles. The molecule has 0 radical (unpaired) electrons. The number of hydrogen-bond donors (Lipinski definition) is 2. The Labute approximate surface area is 199 Å². The molecule has 2 N–H and O–H groups in total. The second-order valence-corrected chi connectivity index (χ2v) is 8.09. The Kier molecular flexibility index (Phi) is 11.5. The Balaban J connectivity index is 0.00000320. The molecule has 0 spiro atoms. The highest BCUT2D eigenvalue weighted by Gasteiger charge is 2.25. The molecule has 1 aromatic rings. The fourth-order valence-corrected chi connectivity index (χ4v) is 4.22. The third kappa shape index (κ3) is 7.69. The first-order chi connectivity index (χ1) is 14.2. The molecule has 3 rings (SSSR count). The summed E-state index contributed by atoms with van der Waals surface area (Å²) in [6.07, 6.45) is 3.58. The third-order valence-corrected chi connectivity index (χ3v) is 5.81. The average molecular weight is 533 g/mol. The van der Waals surface area contributed by atoms with E-state index in [1.807, 2.05) is 13.0 Å². The van der Waals surface area contributed by atoms with Gasteiger partial charge in [0.05, 0.1) is 25.8 Å². The van der Waals surface area contributed by atoms with Crippen molar-refractivity contribution in [1.82, 2.24) is 20.4 Å². The van der Waals surface area contributed by atoms with E-state index in [1.165, 1.54) is 38.9 Å². The van der Waals surface area contributed by atoms with Crippen LogP contribution in [0, 0.1) is 6.92 Å². The van der Waals surface area contributed by atoms with Gasteiger partial charge < -0.3 is 24.7 Å². The van der Waals surface area contributed by atoms with Gasteiger partial charge in [-0.15, -0.1) is 24.0 Å². The van der Waals surface area contributed by atoms with Crippen molar-refractivity contribution in [2.45, 2.75) is 52.1 Å². The van der Waals surface area contributed by atoms with Crippen molar-refractivity contribution < 1.29 is 9.15 Å². The van der Waals surface area contributed by atoms with Gasteiger partial charge in [-0.1, -0.05) is 6.92 Å². The van der Waals surface area contributed by atoms with Crippen LogP contribution in [0.25, 0.3) is 0 Å². The van der Waals surface area contributed by atoms with E-state index in [0.29, 0.717) is 12.6 Å². The second-order valence-electron chi connectivity index (χ2n) is 8.09. The van der Waals surface area contributed by atoms with Crippen molar-refractivity contribution in [2.75, 3.05) is 59.0 Å². The second kappa shape index (κ2) is 13.5. The maximum atomic E-state index is 5.98. The Hall–Kier alpha value is -0.840. The van der Waals surface area contributed by atoms with E-state index >= 15 is 0 Å². The van der Waals surface area contributed by atoms with E-state index in [9.17, 15) is 0 Å². The molecular formula is C22H40IN5O2. The van der Waals surface area contributed by atoms with Crippen LogP contribution in [0.5, 0.6) is 0 Å². The number of likely N-dealkylation sites (tertiary alicyclic amines) is 1. The highest BCUT2D eigenvalue weighted by atomic mass is 127. The number of aryl methyl sites for hydroxylation is 1. The lowest BCUT2D eigenvalue weighted by Crippen LogP contribution is -2.49. The molecule has 0 amide bonds. The van der Waals surface area contributed by atoms with Gasteiger partial charge in [0.1, 0.15) is 11.5 Å². The number of piperidine rings is 1. The number of aliphatic imine (C=N–C) groups is 1. The summed E-state index contributed by atoms with van der Waals surface area (Å²) in [6, 6.07) is 4.78. The monoisotopic (exact) mass is 533 g/mol. The number of nitrogens with one attached hydrogen (secondary N) is 2. The molecule has 30 heavy (non-hydrogen) atoms. The van der Waals surface area contributed by atoms with E-state index in [2.05, 4.69) is 40.3 Å². The van der Waals surface area contributed by atoms with Gasteiger partial charge in [0.2, 0.25) is 0 Å². The molecule has 172 valence electrons. The summed E-state index contributed by atoms with van der Waals surface area (Å²) in [4.78, 5) is 9.96. The van der Waals surface area contributed by atoms with Gasteiger partial charge in [-0.25, -0.2) is 0 Å². The summed E-state index contributed by atoms with van der Waals surface area (Å²) in [5.74, 6) is 2.87. The van der Waals surface area contributed by atoms with Crippen LogP contribution in [0.15, 0.2) is 21.5 Å². The Morgan fingerprint density at radius 3 is 2.50 bits per heavy atom. The van der Waals surface area contributed by atoms with Gasteiger partial charge in [0.15, 0.2) is 5.96 Å². The number of rotatable bonds is 8. The zero-order valence-corrected chi connectivity index (χ0v) is 21.2. The van der Waals surface area contributed by atoms with Crippen LogP contribution in [0.1, 0.15) is 50.7 Å². The van der Waals surface area contributed by atoms with Crippen molar-refractivity contribution in [3.8, 4) is 0 Å². The van der Waals surface area contributed by atoms with Gasteiger partial charge in [-0.05, 0) is 51.8 Å². The molecule has 7 nitrogen and oxygen atoms in total. The lowest BCUT2D eigenvalue weighted by Gasteiger charge is -2.34. The smallest absolute Gasteiger partial charge is 0.191 e. The molecule has 8 heteroatoms. The molecule has 1 aromatic heterocycles. The number of hydrogen-bond acceptors (Lipinski definition) is 5. The van der Waals surface area contributed by atoms with Crippen molar-refractivity contribution in [3.63, 3.8) is 0 Å². The Morgan fingerprint density at radius 1 is 1.17 bits per heavy atom. The fourth-order valence-electron chi connectivity index (χ4n) is 4.22. The minimum absolute atomic E-state index is 0. The van der Waals surface area contributed by atoms with E-state index in [0.717, 1.165) is 50.3 Å². The normalized spacial score (nSPS) is 20.6. The molecule has 0 saturated carbocycles. The van der Waals surface area contributed by atoms with Gasteiger partial charge in [0, 0.05) is 38.8 Å². The molecule has 1 atom stereocenters. The van der Waals surface area contributed by atoms with Crippen LogP contribution in [0.2, 0.25) is 0 Å². The number of guanidine groups is 1. The van der Waals surface area contributed by atoms with Crippen LogP contribution >= 0.6 is 24.0 Å². The van der Waals surface area contributed by atoms with E-state index in [1.54, 1.807) is 0 Å². The zero-order chi connectivity index (χ0) is 20.5. The number of halogens is 1. The maximum absolute atomic E-state index is 5.98. The zero-order valence-electron chi connectivity index (χ0n) is 18.9. The Morgan fingerprint density at radius 2 is 1.90 bits per heavy atom. The van der Waals surface area contributed by atoms with E-state index in [4.69, 9.17) is 14.1 Å². The summed E-state index contributed by atoms with van der Waals surface area (Å²) in [7, 11) is 0. The van der Waals surface area contributed by atoms with Crippen molar-refractivity contribution >= 4 is 29.9 Å². The average Bonchev–Trinajstić information content (AvgIpc) is 3.17. The summed E-state index contributed by atoms with van der Waals surface area (Å²) in [6.45, 7) is 14.9. The standard InChI is InChI=1S/C22H39N5O2.HI/c1-4-10-26-11-8-19(9-12-26)25-22(23-5-2)24-17-20(21-7-6-18(3)29-21)27-13-15-28-16-14-27;/h6-7,19-20H,4-5,8-17H2,1-3H3,(H2,23,24,25);1H. The number of furan rings is 1. The van der Waals surface area contributed by atoms with Crippen LogP contribution in [0.4, 0.5) is 0 Å². The SMILES string of the molecule is CCCN1CCC(NC(=NCC(c2ccc(C)o2)N2CCOCC2)NCC)CC1.I. The first kappa shape index (κ1) is 25.4. The first-order valence-corrected chi connectivity index (χ1v) is 11.3. The van der Waals surface area contributed by atoms with Gasteiger partial charge in [-0.3, -0.25) is 9.89 Å². The van der Waals surface area contributed by atoms with E-state index < -0.39 is 0 Å². The van der Waals surface area contributed by atoms with Crippen LogP contribution in [-0.2, 0) is 4.74 Å². The van der Waals surface area contributed by atoms with Crippen LogP contribution < -0.4 is 10.6 Å². The molecule has 1 unspecified atom stereocenters. The van der Waals surface area contributed by atoms with Crippen molar-refractivity contribution in [3.05, 3.63) is 23.7 Å². The fraction of sp³-hybridized carbons (Fsp3) is 0.773. The molecule has 2 aliphatic heterocycles. The lowest BCUT2D eigenvalue weighted by atomic mass is 10.1. The predicted molar refractivity (Wildman–Crippen MR) is 133 cm³/mol. The summed E-state index contributed by atoms with van der Waals surface area (Å²) < 4.78 is 11.5. The maximum Gasteiger partial charge on any atom is 0.191 e. The van der Waals surface area contributed by atoms with E-state index in [-0.39, 0.29) is 30.0 Å². The van der Waals surface area contributed by atoms with Gasteiger partial charge >= 0.3 is 0 Å². The van der Waals surface area contributed by atoms with Crippen molar-refractivity contribution in [2.24, 2.45) is 4.99 Å². The quantitative estimate of drug-likeness (QED) is 0.305. The van der Waals surface area contributed by atoms with Gasteiger partial charge in [0.25, 0.3) is 0 Å². The molecule has 0 aromatic carbocycles. The number of nitrogens with zero attached hydrogens (tertiary/aromatic N) is 3. The molecule has 2 fully saturated rings.